The van der Waals surface area contributed by atoms with E-state index in [1.165, 1.54) is 12.0 Å². The fourth-order valence-electron chi connectivity index (χ4n) is 1.26. The number of halogens is 1. The van der Waals surface area contributed by atoms with Gasteiger partial charge in [-0.05, 0) is 45.8 Å². The topological polar surface area (TPSA) is 29.9 Å². The van der Waals surface area contributed by atoms with Crippen molar-refractivity contribution in [3.63, 3.8) is 0 Å². The molecule has 1 aromatic rings. The molecule has 0 radical (unpaired) electrons. The minimum atomic E-state index is 0. The lowest BCUT2D eigenvalue weighted by Gasteiger charge is -2.03. The lowest BCUT2D eigenvalue weighted by molar-refractivity contribution is 0.532. The van der Waals surface area contributed by atoms with Crippen LogP contribution in [0.1, 0.15) is 31.9 Å². The van der Waals surface area contributed by atoms with E-state index in [1.54, 1.807) is 0 Å². The highest BCUT2D eigenvalue weighted by Gasteiger charge is 2.00. The lowest BCUT2D eigenvalue weighted by Crippen LogP contribution is -2.08. The zero-order valence-corrected chi connectivity index (χ0v) is 9.97. The first-order chi connectivity index (χ1) is 6.24. The third kappa shape index (κ3) is 4.11. The number of rotatable bonds is 5. The van der Waals surface area contributed by atoms with Gasteiger partial charge in [-0.2, -0.15) is 5.10 Å². The zero-order chi connectivity index (χ0) is 9.68. The van der Waals surface area contributed by atoms with Crippen LogP contribution in [0.25, 0.3) is 0 Å². The smallest absolute Gasteiger partial charge is 0.0521 e. The summed E-state index contributed by atoms with van der Waals surface area (Å²) in [5.74, 6) is 0. The monoisotopic (exact) mass is 217 g/mol. The van der Waals surface area contributed by atoms with Gasteiger partial charge < -0.3 is 5.32 Å². The van der Waals surface area contributed by atoms with E-state index < -0.39 is 0 Å². The van der Waals surface area contributed by atoms with E-state index in [0.29, 0.717) is 6.04 Å². The van der Waals surface area contributed by atoms with Crippen LogP contribution in [0.4, 0.5) is 0 Å². The Labute approximate surface area is 92.3 Å². The number of hydrogen-bond acceptors (Lipinski definition) is 2. The molecule has 0 aliphatic rings. The van der Waals surface area contributed by atoms with E-state index in [4.69, 9.17) is 0 Å². The number of hydrogen-bond donors (Lipinski definition) is 1. The highest BCUT2D eigenvalue weighted by Crippen LogP contribution is 2.06. The van der Waals surface area contributed by atoms with Gasteiger partial charge in [0.15, 0.2) is 0 Å². The molecule has 0 atom stereocenters. The highest BCUT2D eigenvalue weighted by molar-refractivity contribution is 5.85. The molecule has 14 heavy (non-hydrogen) atoms. The summed E-state index contributed by atoms with van der Waals surface area (Å²) < 4.78 is 2.01. The lowest BCUT2D eigenvalue weighted by atomic mass is 10.2. The minimum absolute atomic E-state index is 0. The fourth-order valence-corrected chi connectivity index (χ4v) is 1.26. The Bertz CT molecular complexity index is 245. The molecule has 0 fully saturated rings. The van der Waals surface area contributed by atoms with Gasteiger partial charge in [0.05, 0.1) is 6.20 Å². The molecule has 0 bridgehead atoms. The van der Waals surface area contributed by atoms with Crippen LogP contribution in [0.5, 0.6) is 0 Å². The van der Waals surface area contributed by atoms with Crippen molar-refractivity contribution in [2.75, 3.05) is 13.6 Å². The molecule has 82 valence electrons. The average molecular weight is 218 g/mol. The predicted octanol–water partition coefficient (Wildman–Crippen LogP) is 2.04. The summed E-state index contributed by atoms with van der Waals surface area (Å²) in [6.07, 6.45) is 6.41. The zero-order valence-electron chi connectivity index (χ0n) is 9.16. The van der Waals surface area contributed by atoms with E-state index in [1.807, 2.05) is 17.9 Å². The molecule has 1 rings (SSSR count). The second-order valence-electron chi connectivity index (χ2n) is 3.63. The Hall–Kier alpha value is -0.540. The normalized spacial score (nSPS) is 10.3. The van der Waals surface area contributed by atoms with Crippen LogP contribution in [0.15, 0.2) is 12.4 Å². The largest absolute Gasteiger partial charge is 0.320 e. The van der Waals surface area contributed by atoms with Crippen molar-refractivity contribution in [2.45, 2.75) is 32.7 Å². The Kier molecular flexibility index (Phi) is 6.58. The highest BCUT2D eigenvalue weighted by atomic mass is 35.5. The third-order valence-corrected chi connectivity index (χ3v) is 2.08. The van der Waals surface area contributed by atoms with Crippen molar-refractivity contribution in [3.8, 4) is 0 Å². The summed E-state index contributed by atoms with van der Waals surface area (Å²) in [4.78, 5) is 0. The molecule has 1 N–H and O–H groups in total. The second kappa shape index (κ2) is 6.85. The first kappa shape index (κ1) is 13.5. The Morgan fingerprint density at radius 1 is 1.50 bits per heavy atom. The Balaban J connectivity index is 0.00000169. The van der Waals surface area contributed by atoms with Crippen molar-refractivity contribution >= 4 is 12.4 Å². The molecule has 0 amide bonds. The van der Waals surface area contributed by atoms with Crippen molar-refractivity contribution in [1.82, 2.24) is 15.1 Å². The maximum absolute atomic E-state index is 4.29. The van der Waals surface area contributed by atoms with Gasteiger partial charge in [0.25, 0.3) is 0 Å². The quantitative estimate of drug-likeness (QED) is 0.766. The summed E-state index contributed by atoms with van der Waals surface area (Å²) in [7, 11) is 1.98. The van der Waals surface area contributed by atoms with Crippen molar-refractivity contribution in [1.29, 1.82) is 0 Å². The van der Waals surface area contributed by atoms with Gasteiger partial charge in [0.2, 0.25) is 0 Å². The van der Waals surface area contributed by atoms with E-state index in [-0.39, 0.29) is 12.4 Å². The van der Waals surface area contributed by atoms with Crippen LogP contribution in [0, 0.1) is 0 Å². The van der Waals surface area contributed by atoms with Gasteiger partial charge in [-0.3, -0.25) is 4.68 Å². The first-order valence-corrected chi connectivity index (χ1v) is 4.91. The maximum Gasteiger partial charge on any atom is 0.0521 e. The van der Waals surface area contributed by atoms with Gasteiger partial charge in [-0.1, -0.05) is 0 Å². The maximum atomic E-state index is 4.29. The summed E-state index contributed by atoms with van der Waals surface area (Å²) >= 11 is 0. The van der Waals surface area contributed by atoms with Crippen molar-refractivity contribution in [3.05, 3.63) is 18.0 Å². The van der Waals surface area contributed by atoms with Gasteiger partial charge in [-0.15, -0.1) is 12.4 Å². The van der Waals surface area contributed by atoms with E-state index >= 15 is 0 Å². The van der Waals surface area contributed by atoms with Crippen LogP contribution in [0.2, 0.25) is 0 Å². The second-order valence-corrected chi connectivity index (χ2v) is 3.63. The molecule has 0 aliphatic carbocycles. The molecule has 0 spiro atoms. The summed E-state index contributed by atoms with van der Waals surface area (Å²) in [6, 6.07) is 0.470. The molecular formula is C10H20ClN3. The number of aromatic nitrogens is 2. The standard InChI is InChI=1S/C10H19N3.ClH/c1-9(2)13-8-10(7-12-13)5-4-6-11-3;/h7-9,11H,4-6H2,1-3H3;1H. The number of nitrogens with zero attached hydrogens (tertiary/aromatic N) is 2. The van der Waals surface area contributed by atoms with E-state index in [0.717, 1.165) is 13.0 Å². The van der Waals surface area contributed by atoms with Crippen LogP contribution in [-0.2, 0) is 6.42 Å². The summed E-state index contributed by atoms with van der Waals surface area (Å²) in [5, 5.41) is 7.43. The molecule has 0 unspecified atom stereocenters. The molecule has 0 aromatic carbocycles. The van der Waals surface area contributed by atoms with Gasteiger partial charge in [0.1, 0.15) is 0 Å². The van der Waals surface area contributed by atoms with Crippen molar-refractivity contribution in [2.24, 2.45) is 0 Å². The molecule has 1 aromatic heterocycles. The molecule has 0 saturated carbocycles. The SMILES string of the molecule is CNCCCc1cnn(C(C)C)c1.Cl. The van der Waals surface area contributed by atoms with Crippen LogP contribution >= 0.6 is 12.4 Å². The third-order valence-electron chi connectivity index (χ3n) is 2.08. The first-order valence-electron chi connectivity index (χ1n) is 4.91. The Morgan fingerprint density at radius 3 is 2.71 bits per heavy atom. The van der Waals surface area contributed by atoms with Gasteiger partial charge in [0, 0.05) is 12.2 Å². The van der Waals surface area contributed by atoms with E-state index in [9.17, 15) is 0 Å². The number of aryl methyl sites for hydroxylation is 1. The molecule has 0 saturated heterocycles. The predicted molar refractivity (Wildman–Crippen MR) is 62.1 cm³/mol. The van der Waals surface area contributed by atoms with Crippen LogP contribution in [-0.4, -0.2) is 23.4 Å². The number of nitrogens with one attached hydrogen (secondary N) is 1. The van der Waals surface area contributed by atoms with Crippen LogP contribution in [0.3, 0.4) is 0 Å². The molecule has 0 aliphatic heterocycles. The Morgan fingerprint density at radius 2 is 2.21 bits per heavy atom. The van der Waals surface area contributed by atoms with Gasteiger partial charge in [-0.25, -0.2) is 0 Å². The average Bonchev–Trinajstić information content (AvgIpc) is 2.53. The molecular weight excluding hydrogens is 198 g/mol. The molecule has 1 heterocycles. The minimum Gasteiger partial charge on any atom is -0.320 e. The van der Waals surface area contributed by atoms with E-state index in [2.05, 4.69) is 30.5 Å². The molecule has 4 heteroatoms. The summed E-state index contributed by atoms with van der Waals surface area (Å²) in [6.45, 7) is 5.36. The fraction of sp³-hybridized carbons (Fsp3) is 0.700. The van der Waals surface area contributed by atoms with Gasteiger partial charge >= 0.3 is 0 Å². The van der Waals surface area contributed by atoms with Crippen molar-refractivity contribution < 1.29 is 0 Å². The summed E-state index contributed by atoms with van der Waals surface area (Å²) in [5.41, 5.74) is 1.34. The van der Waals surface area contributed by atoms with Crippen LogP contribution < -0.4 is 5.32 Å². The molecule has 3 nitrogen and oxygen atoms in total.